The van der Waals surface area contributed by atoms with Crippen LogP contribution in [0.15, 0.2) is 58.3 Å². The molecule has 0 unspecified atom stereocenters. The van der Waals surface area contributed by atoms with Gasteiger partial charge in [-0.1, -0.05) is 35.5 Å². The molecule has 0 radical (unpaired) electrons. The molecule has 1 heterocycles. The first-order chi connectivity index (χ1) is 13.5. The number of rotatable bonds is 7. The highest BCUT2D eigenvalue weighted by molar-refractivity contribution is 8.00. The highest BCUT2D eigenvalue weighted by atomic mass is 35.5. The van der Waals surface area contributed by atoms with E-state index in [0.29, 0.717) is 11.4 Å². The lowest BCUT2D eigenvalue weighted by atomic mass is 10.2. The Morgan fingerprint density at radius 3 is 2.32 bits per heavy atom. The Morgan fingerprint density at radius 1 is 1.04 bits per heavy atom. The number of benzene rings is 2. The minimum Gasteiger partial charge on any atom is -0.326 e. The largest absolute Gasteiger partial charge is 0.326 e. The van der Waals surface area contributed by atoms with Gasteiger partial charge in [0.25, 0.3) is 0 Å². The van der Waals surface area contributed by atoms with Crippen molar-refractivity contribution in [2.24, 2.45) is 0 Å². The van der Waals surface area contributed by atoms with Crippen molar-refractivity contribution in [3.63, 3.8) is 0 Å². The zero-order valence-corrected chi connectivity index (χ0v) is 17.5. The molecule has 5 nitrogen and oxygen atoms in total. The minimum atomic E-state index is -0.134. The van der Waals surface area contributed by atoms with Crippen LogP contribution in [0.5, 0.6) is 0 Å². The smallest absolute Gasteiger partial charge is 0.230 e. The van der Waals surface area contributed by atoms with Gasteiger partial charge < -0.3 is 10.6 Å². The molecule has 1 aromatic heterocycles. The summed E-state index contributed by atoms with van der Waals surface area (Å²) in [6, 6.07) is 14.7. The van der Waals surface area contributed by atoms with Gasteiger partial charge in [0.2, 0.25) is 11.8 Å². The van der Waals surface area contributed by atoms with Crippen molar-refractivity contribution < 1.29 is 9.59 Å². The summed E-state index contributed by atoms with van der Waals surface area (Å²) in [7, 11) is 0. The molecule has 0 aliphatic heterocycles. The van der Waals surface area contributed by atoms with E-state index in [9.17, 15) is 9.59 Å². The first-order valence-corrected chi connectivity index (χ1v) is 10.7. The van der Waals surface area contributed by atoms with Gasteiger partial charge in [0.15, 0.2) is 0 Å². The van der Waals surface area contributed by atoms with Crippen LogP contribution in [0, 0.1) is 0 Å². The summed E-state index contributed by atoms with van der Waals surface area (Å²) in [6.07, 6.45) is 0.214. The average Bonchev–Trinajstić information content (AvgIpc) is 3.09. The fraction of sp³-hybridized carbons (Fsp3) is 0.150. The maximum Gasteiger partial charge on any atom is 0.230 e. The number of aromatic nitrogens is 1. The molecule has 0 aliphatic rings. The molecule has 0 bridgehead atoms. The number of hydrogen-bond acceptors (Lipinski definition) is 5. The maximum absolute atomic E-state index is 12.2. The van der Waals surface area contributed by atoms with Crippen molar-refractivity contribution in [1.29, 1.82) is 0 Å². The normalized spacial score (nSPS) is 10.5. The molecule has 3 aromatic rings. The van der Waals surface area contributed by atoms with Crippen LogP contribution in [0.1, 0.15) is 18.2 Å². The van der Waals surface area contributed by atoms with Gasteiger partial charge in [-0.3, -0.25) is 9.59 Å². The number of carbonyl (C=O) groups is 2. The van der Waals surface area contributed by atoms with Gasteiger partial charge in [-0.25, -0.2) is 4.98 Å². The zero-order valence-electron chi connectivity index (χ0n) is 15.1. The quantitative estimate of drug-likeness (QED) is 0.502. The van der Waals surface area contributed by atoms with Crippen LogP contribution >= 0.6 is 34.7 Å². The standard InChI is InChI=1S/C20H18ClN3O2S2/c1-13(25)22-16-6-8-17(9-7-16)23-19(26)10-18-12-28-20(24-18)27-11-14-2-4-15(21)5-3-14/h2-9,12H,10-11H2,1H3,(H,22,25)(H,23,26). The van der Waals surface area contributed by atoms with Crippen molar-refractivity contribution >= 4 is 57.9 Å². The number of hydrogen-bond donors (Lipinski definition) is 2. The fourth-order valence-corrected chi connectivity index (χ4v) is 4.30. The molecular weight excluding hydrogens is 414 g/mol. The van der Waals surface area contributed by atoms with Crippen LogP contribution in [0.25, 0.3) is 0 Å². The van der Waals surface area contributed by atoms with Gasteiger partial charge >= 0.3 is 0 Å². The van der Waals surface area contributed by atoms with Crippen molar-refractivity contribution in [3.05, 3.63) is 70.2 Å². The van der Waals surface area contributed by atoms with E-state index in [-0.39, 0.29) is 18.2 Å². The summed E-state index contributed by atoms with van der Waals surface area (Å²) < 4.78 is 0.928. The van der Waals surface area contributed by atoms with Crippen molar-refractivity contribution in [1.82, 2.24) is 4.98 Å². The molecule has 0 atom stereocenters. The zero-order chi connectivity index (χ0) is 19.9. The number of thioether (sulfide) groups is 1. The molecule has 2 aromatic carbocycles. The van der Waals surface area contributed by atoms with E-state index in [2.05, 4.69) is 15.6 Å². The number of carbonyl (C=O) groups excluding carboxylic acids is 2. The van der Waals surface area contributed by atoms with Gasteiger partial charge in [-0.15, -0.1) is 11.3 Å². The van der Waals surface area contributed by atoms with E-state index in [1.807, 2.05) is 29.6 Å². The van der Waals surface area contributed by atoms with E-state index < -0.39 is 0 Å². The molecule has 2 N–H and O–H groups in total. The SMILES string of the molecule is CC(=O)Nc1ccc(NC(=O)Cc2csc(SCc3ccc(Cl)cc3)n2)cc1. The average molecular weight is 432 g/mol. The van der Waals surface area contributed by atoms with Crippen LogP contribution in [0.2, 0.25) is 5.02 Å². The van der Waals surface area contributed by atoms with Crippen LogP contribution < -0.4 is 10.6 Å². The minimum absolute atomic E-state index is 0.133. The Balaban J connectivity index is 1.49. The highest BCUT2D eigenvalue weighted by Gasteiger charge is 2.09. The molecule has 144 valence electrons. The van der Waals surface area contributed by atoms with Gasteiger partial charge in [0.05, 0.1) is 12.1 Å². The van der Waals surface area contributed by atoms with Gasteiger partial charge in [0, 0.05) is 34.5 Å². The monoisotopic (exact) mass is 431 g/mol. The summed E-state index contributed by atoms with van der Waals surface area (Å²) in [5.74, 6) is 0.536. The molecule has 2 amide bonds. The lowest BCUT2D eigenvalue weighted by Crippen LogP contribution is -2.14. The lowest BCUT2D eigenvalue weighted by Gasteiger charge is -2.06. The molecular formula is C20H18ClN3O2S2. The van der Waals surface area contributed by atoms with Gasteiger partial charge in [-0.05, 0) is 42.0 Å². The van der Waals surface area contributed by atoms with Gasteiger partial charge in [-0.2, -0.15) is 0 Å². The molecule has 0 saturated carbocycles. The summed E-state index contributed by atoms with van der Waals surface area (Å²) in [4.78, 5) is 27.8. The second-order valence-electron chi connectivity index (χ2n) is 6.00. The van der Waals surface area contributed by atoms with Crippen molar-refractivity contribution in [2.45, 2.75) is 23.4 Å². The summed E-state index contributed by atoms with van der Waals surface area (Å²) in [5.41, 5.74) is 3.28. The van der Waals surface area contributed by atoms with Gasteiger partial charge in [0.1, 0.15) is 4.34 Å². The number of nitrogens with zero attached hydrogens (tertiary/aromatic N) is 1. The molecule has 0 fully saturated rings. The van der Waals surface area contributed by atoms with Crippen molar-refractivity contribution in [3.8, 4) is 0 Å². The molecule has 0 aliphatic carbocycles. The highest BCUT2D eigenvalue weighted by Crippen LogP contribution is 2.27. The van der Waals surface area contributed by atoms with E-state index in [0.717, 1.165) is 20.8 Å². The van der Waals surface area contributed by atoms with E-state index >= 15 is 0 Å². The first kappa shape index (κ1) is 20.4. The third kappa shape index (κ3) is 6.37. The second-order valence-corrected chi connectivity index (χ2v) is 8.52. The van der Waals surface area contributed by atoms with E-state index in [1.54, 1.807) is 36.0 Å². The number of amides is 2. The number of nitrogens with one attached hydrogen (secondary N) is 2. The summed E-state index contributed by atoms with van der Waals surface area (Å²) >= 11 is 9.06. The van der Waals surface area contributed by atoms with Crippen LogP contribution in [-0.4, -0.2) is 16.8 Å². The Labute approximate surface area is 176 Å². The Hall–Kier alpha value is -2.35. The van der Waals surface area contributed by atoms with Crippen molar-refractivity contribution in [2.75, 3.05) is 10.6 Å². The Bertz CT molecular complexity index is 956. The van der Waals surface area contributed by atoms with Crippen LogP contribution in [0.3, 0.4) is 0 Å². The number of halogens is 1. The molecule has 8 heteroatoms. The predicted octanol–water partition coefficient (Wildman–Crippen LogP) is 5.23. The summed E-state index contributed by atoms with van der Waals surface area (Å²) in [5, 5.41) is 8.15. The van der Waals surface area contributed by atoms with Crippen LogP contribution in [-0.2, 0) is 21.8 Å². The third-order valence-electron chi connectivity index (χ3n) is 3.64. The number of anilines is 2. The first-order valence-electron chi connectivity index (χ1n) is 8.47. The predicted molar refractivity (Wildman–Crippen MR) is 116 cm³/mol. The molecule has 0 saturated heterocycles. The number of thiazole rings is 1. The van der Waals surface area contributed by atoms with Crippen LogP contribution in [0.4, 0.5) is 11.4 Å². The summed E-state index contributed by atoms with van der Waals surface area (Å²) in [6.45, 7) is 1.45. The maximum atomic E-state index is 12.2. The fourth-order valence-electron chi connectivity index (χ4n) is 2.37. The Kier molecular flexibility index (Phi) is 7.08. The van der Waals surface area contributed by atoms with E-state index in [4.69, 9.17) is 11.6 Å². The molecule has 0 spiro atoms. The third-order valence-corrected chi connectivity index (χ3v) is 6.03. The topological polar surface area (TPSA) is 71.1 Å². The Morgan fingerprint density at radius 2 is 1.68 bits per heavy atom. The molecule has 28 heavy (non-hydrogen) atoms. The lowest BCUT2D eigenvalue weighted by molar-refractivity contribution is -0.116. The second kappa shape index (κ2) is 9.73. The van der Waals surface area contributed by atoms with E-state index in [1.165, 1.54) is 23.8 Å². The molecule has 3 rings (SSSR count).